The maximum Gasteiger partial charge on any atom is 0.261 e. The number of piperidine rings is 1. The van der Waals surface area contributed by atoms with Crippen molar-refractivity contribution < 1.29 is 18.0 Å². The minimum Gasteiger partial charge on any atom is -0.328 e. The molecule has 2 aliphatic heterocycles. The van der Waals surface area contributed by atoms with Crippen molar-refractivity contribution >= 4 is 34.2 Å². The van der Waals surface area contributed by atoms with E-state index in [2.05, 4.69) is 0 Å². The monoisotopic (exact) mass is 415 g/mol. The second-order valence-corrected chi connectivity index (χ2v) is 9.19. The third kappa shape index (κ3) is 4.51. The van der Waals surface area contributed by atoms with E-state index in [4.69, 9.17) is 5.73 Å². The van der Waals surface area contributed by atoms with Crippen LogP contribution in [0.3, 0.4) is 0 Å². The Morgan fingerprint density at radius 3 is 2.33 bits per heavy atom. The fourth-order valence-electron chi connectivity index (χ4n) is 3.63. The summed E-state index contributed by atoms with van der Waals surface area (Å²) in [6, 6.07) is 6.63. The van der Waals surface area contributed by atoms with Crippen LogP contribution in [0.2, 0.25) is 0 Å². The molecule has 2 N–H and O–H groups in total. The zero-order valence-electron chi connectivity index (χ0n) is 15.3. The number of carbonyl (C=O) groups excluding carboxylic acids is 2. The molecule has 27 heavy (non-hydrogen) atoms. The van der Waals surface area contributed by atoms with Gasteiger partial charge in [-0.15, -0.1) is 12.4 Å². The zero-order valence-corrected chi connectivity index (χ0v) is 17.0. The molecule has 3 rings (SSSR count). The summed E-state index contributed by atoms with van der Waals surface area (Å²) in [6.07, 6.45) is 1.98. The van der Waals surface area contributed by atoms with Gasteiger partial charge in [0.2, 0.25) is 10.0 Å². The molecule has 0 bridgehead atoms. The molecule has 2 atom stereocenters. The highest BCUT2D eigenvalue weighted by Crippen LogP contribution is 2.24. The summed E-state index contributed by atoms with van der Waals surface area (Å²) in [5, 5.41) is 0. The largest absolute Gasteiger partial charge is 0.328 e. The van der Waals surface area contributed by atoms with Crippen molar-refractivity contribution in [3.05, 3.63) is 35.4 Å². The molecule has 2 heterocycles. The van der Waals surface area contributed by atoms with Gasteiger partial charge in [0.15, 0.2) is 0 Å². The molecule has 0 spiro atoms. The van der Waals surface area contributed by atoms with Crippen LogP contribution < -0.4 is 5.73 Å². The smallest absolute Gasteiger partial charge is 0.261 e. The summed E-state index contributed by atoms with van der Waals surface area (Å²) in [5.74, 6) is -0.600. The van der Waals surface area contributed by atoms with Crippen molar-refractivity contribution in [1.29, 1.82) is 0 Å². The van der Waals surface area contributed by atoms with Crippen LogP contribution in [-0.4, -0.2) is 60.9 Å². The summed E-state index contributed by atoms with van der Waals surface area (Å²) in [5.41, 5.74) is 6.70. The van der Waals surface area contributed by atoms with Gasteiger partial charge in [-0.2, -0.15) is 0 Å². The number of amides is 2. The Balaban J connectivity index is 0.00000261. The lowest BCUT2D eigenvalue weighted by atomic mass is 9.93. The Hall–Kier alpha value is -1.48. The Morgan fingerprint density at radius 2 is 1.78 bits per heavy atom. The molecule has 2 amide bonds. The summed E-state index contributed by atoms with van der Waals surface area (Å²) >= 11 is 0. The maximum atomic E-state index is 12.6. The van der Waals surface area contributed by atoms with E-state index in [0.29, 0.717) is 24.2 Å². The third-order valence-corrected chi connectivity index (χ3v) is 7.14. The number of hydrogen-bond acceptors (Lipinski definition) is 5. The first-order valence-electron chi connectivity index (χ1n) is 9.00. The minimum atomic E-state index is -3.42. The number of sulfonamides is 1. The van der Waals surface area contributed by atoms with Gasteiger partial charge in [-0.3, -0.25) is 14.5 Å². The molecule has 9 heteroatoms. The number of halogens is 1. The van der Waals surface area contributed by atoms with Gasteiger partial charge in [0.05, 0.1) is 16.9 Å². The van der Waals surface area contributed by atoms with E-state index >= 15 is 0 Å². The third-order valence-electron chi connectivity index (χ3n) is 5.22. The number of nitrogens with zero attached hydrogens (tertiary/aromatic N) is 2. The van der Waals surface area contributed by atoms with E-state index in [-0.39, 0.29) is 54.9 Å². The fraction of sp³-hybridized carbons (Fsp3) is 0.556. The van der Waals surface area contributed by atoms with Gasteiger partial charge in [-0.05, 0) is 44.2 Å². The van der Waals surface area contributed by atoms with Crippen LogP contribution >= 0.6 is 12.4 Å². The number of fused-ring (bicyclic) bond motifs is 1. The average Bonchev–Trinajstić information content (AvgIpc) is 2.87. The molecule has 2 aliphatic rings. The first-order valence-corrected chi connectivity index (χ1v) is 10.6. The molecule has 0 saturated carbocycles. The fourth-order valence-corrected chi connectivity index (χ4v) is 5.21. The van der Waals surface area contributed by atoms with E-state index in [1.54, 1.807) is 24.3 Å². The van der Waals surface area contributed by atoms with E-state index in [1.165, 1.54) is 4.31 Å². The number of benzene rings is 1. The molecule has 150 valence electrons. The van der Waals surface area contributed by atoms with Crippen molar-refractivity contribution in [2.24, 2.45) is 11.7 Å². The molecule has 7 nitrogen and oxygen atoms in total. The molecule has 0 aliphatic carbocycles. The van der Waals surface area contributed by atoms with Gasteiger partial charge >= 0.3 is 0 Å². The molecule has 1 aromatic carbocycles. The van der Waals surface area contributed by atoms with Gasteiger partial charge in [0, 0.05) is 25.7 Å². The molecule has 2 unspecified atom stereocenters. The van der Waals surface area contributed by atoms with Crippen molar-refractivity contribution in [2.75, 3.05) is 25.4 Å². The SMILES string of the molecule is CC(N)C1CCCN(S(=O)(=O)CCCN2C(=O)c3ccccc3C2=O)C1.Cl. The van der Waals surface area contributed by atoms with Gasteiger partial charge in [0.25, 0.3) is 11.8 Å². The normalized spacial score (nSPS) is 21.7. The van der Waals surface area contributed by atoms with Gasteiger partial charge in [-0.1, -0.05) is 12.1 Å². The van der Waals surface area contributed by atoms with Crippen LogP contribution in [0.25, 0.3) is 0 Å². The Labute approximate surface area is 166 Å². The van der Waals surface area contributed by atoms with Crippen LogP contribution in [-0.2, 0) is 10.0 Å². The molecule has 0 radical (unpaired) electrons. The van der Waals surface area contributed by atoms with Gasteiger partial charge in [-0.25, -0.2) is 12.7 Å². The summed E-state index contributed by atoms with van der Waals surface area (Å²) < 4.78 is 26.7. The topological polar surface area (TPSA) is 101 Å². The zero-order chi connectivity index (χ0) is 18.9. The standard InChI is InChI=1S/C18H25N3O4S.ClH/c1-13(19)14-6-4-9-20(12-14)26(24,25)11-5-10-21-17(22)15-7-2-3-8-16(15)18(21)23;/h2-3,7-8,13-14H,4-6,9-12,19H2,1H3;1H. The van der Waals surface area contributed by atoms with Gasteiger partial charge in [0.1, 0.15) is 0 Å². The second-order valence-electron chi connectivity index (χ2n) is 7.10. The molecule has 1 fully saturated rings. The van der Waals surface area contributed by atoms with Crippen LogP contribution in [0.5, 0.6) is 0 Å². The van der Waals surface area contributed by atoms with Crippen molar-refractivity contribution in [1.82, 2.24) is 9.21 Å². The van der Waals surface area contributed by atoms with Crippen molar-refractivity contribution in [3.63, 3.8) is 0 Å². The lowest BCUT2D eigenvalue weighted by Gasteiger charge is -2.33. The second kappa shape index (κ2) is 8.68. The van der Waals surface area contributed by atoms with Crippen LogP contribution in [0, 0.1) is 5.92 Å². The molecular weight excluding hydrogens is 390 g/mol. The highest BCUT2D eigenvalue weighted by atomic mass is 35.5. The van der Waals surface area contributed by atoms with Crippen molar-refractivity contribution in [3.8, 4) is 0 Å². The minimum absolute atomic E-state index is 0. The van der Waals surface area contributed by atoms with E-state index in [1.807, 2.05) is 6.92 Å². The van der Waals surface area contributed by atoms with Crippen LogP contribution in [0.4, 0.5) is 0 Å². The summed E-state index contributed by atoms with van der Waals surface area (Å²) in [4.78, 5) is 25.8. The lowest BCUT2D eigenvalue weighted by Crippen LogP contribution is -2.46. The first-order chi connectivity index (χ1) is 12.3. The van der Waals surface area contributed by atoms with E-state index in [0.717, 1.165) is 17.7 Å². The molecule has 0 aromatic heterocycles. The van der Waals surface area contributed by atoms with E-state index in [9.17, 15) is 18.0 Å². The number of carbonyl (C=O) groups is 2. The van der Waals surface area contributed by atoms with Gasteiger partial charge < -0.3 is 5.73 Å². The quantitative estimate of drug-likeness (QED) is 0.709. The molecule has 1 aromatic rings. The Morgan fingerprint density at radius 1 is 1.19 bits per heavy atom. The predicted molar refractivity (Wildman–Crippen MR) is 105 cm³/mol. The van der Waals surface area contributed by atoms with Crippen LogP contribution in [0.1, 0.15) is 46.9 Å². The number of hydrogen-bond donors (Lipinski definition) is 1. The highest BCUT2D eigenvalue weighted by Gasteiger charge is 2.35. The number of nitrogens with two attached hydrogens (primary N) is 1. The lowest BCUT2D eigenvalue weighted by molar-refractivity contribution is 0.0654. The van der Waals surface area contributed by atoms with E-state index < -0.39 is 10.0 Å². The predicted octanol–water partition coefficient (Wildman–Crippen LogP) is 1.48. The highest BCUT2D eigenvalue weighted by molar-refractivity contribution is 7.89. The summed E-state index contributed by atoms with van der Waals surface area (Å²) in [7, 11) is -3.42. The first kappa shape index (κ1) is 21.8. The number of imide groups is 1. The Kier molecular flexibility index (Phi) is 7.02. The van der Waals surface area contributed by atoms with Crippen molar-refractivity contribution in [2.45, 2.75) is 32.2 Å². The Bertz CT molecular complexity index is 778. The summed E-state index contributed by atoms with van der Waals surface area (Å²) in [6.45, 7) is 2.98. The average molecular weight is 416 g/mol. The maximum absolute atomic E-state index is 12.6. The molecular formula is C18H26ClN3O4S. The molecule has 1 saturated heterocycles. The van der Waals surface area contributed by atoms with Crippen LogP contribution in [0.15, 0.2) is 24.3 Å². The number of rotatable bonds is 6.